The van der Waals surface area contributed by atoms with Gasteiger partial charge in [0.2, 0.25) is 0 Å². The Morgan fingerprint density at radius 1 is 1.50 bits per heavy atom. The van der Waals surface area contributed by atoms with Crippen LogP contribution in [0.25, 0.3) is 0 Å². The maximum atomic E-state index is 2.31. The minimum Gasteiger partial charge on any atom is -0.0831 e. The average molecular weight is 112 g/mol. The number of rotatable bonds is 2. The third-order valence-electron chi connectivity index (χ3n) is 1.18. The zero-order valence-electron chi connectivity index (χ0n) is 6.36. The van der Waals surface area contributed by atoms with Gasteiger partial charge in [-0.2, -0.15) is 0 Å². The van der Waals surface area contributed by atoms with Crippen LogP contribution in [0.1, 0.15) is 34.1 Å². The van der Waals surface area contributed by atoms with E-state index in [0.717, 1.165) is 5.92 Å². The van der Waals surface area contributed by atoms with Crippen LogP contribution in [0.3, 0.4) is 0 Å². The average Bonchev–Trinajstić information content (AvgIpc) is 1.65. The lowest BCUT2D eigenvalue weighted by Gasteiger charge is -1.97. The van der Waals surface area contributed by atoms with Gasteiger partial charge in [-0.05, 0) is 19.3 Å². The predicted octanol–water partition coefficient (Wildman–Crippen LogP) is 3.00. The molecule has 0 amide bonds. The lowest BCUT2D eigenvalue weighted by Crippen LogP contribution is -1.80. The van der Waals surface area contributed by atoms with E-state index in [9.17, 15) is 0 Å². The second kappa shape index (κ2) is 3.71. The van der Waals surface area contributed by atoms with Crippen molar-refractivity contribution in [3.8, 4) is 0 Å². The Hall–Kier alpha value is -0.260. The van der Waals surface area contributed by atoms with Crippen LogP contribution in [0.15, 0.2) is 11.6 Å². The summed E-state index contributed by atoms with van der Waals surface area (Å²) < 4.78 is 0. The van der Waals surface area contributed by atoms with Gasteiger partial charge in [0.1, 0.15) is 0 Å². The van der Waals surface area contributed by atoms with Gasteiger partial charge in [-0.1, -0.05) is 32.4 Å². The van der Waals surface area contributed by atoms with Gasteiger partial charge in [-0.25, -0.2) is 0 Å². The molecule has 0 atom stereocenters. The zero-order valence-corrected chi connectivity index (χ0v) is 6.36. The second-order valence-electron chi connectivity index (χ2n) is 2.61. The molecule has 0 aromatic heterocycles. The summed E-state index contributed by atoms with van der Waals surface area (Å²) in [4.78, 5) is 0. The molecular weight excluding hydrogens is 96.1 g/mol. The fourth-order valence-electron chi connectivity index (χ4n) is 0.687. The molecule has 0 unspecified atom stereocenters. The van der Waals surface area contributed by atoms with E-state index in [1.165, 1.54) is 12.0 Å². The smallest absolute Gasteiger partial charge is 0.0288 e. The summed E-state index contributed by atoms with van der Waals surface area (Å²) in [5.74, 6) is 0.718. The summed E-state index contributed by atoms with van der Waals surface area (Å²) >= 11 is 0. The third kappa shape index (κ3) is 3.91. The van der Waals surface area contributed by atoms with Gasteiger partial charge < -0.3 is 0 Å². The van der Waals surface area contributed by atoms with E-state index in [4.69, 9.17) is 0 Å². The maximum absolute atomic E-state index is 2.31. The van der Waals surface area contributed by atoms with Crippen LogP contribution >= 0.6 is 0 Å². The summed E-state index contributed by atoms with van der Waals surface area (Å²) in [5, 5.41) is 0. The van der Waals surface area contributed by atoms with Crippen LogP contribution in [0, 0.1) is 5.92 Å². The fourth-order valence-corrected chi connectivity index (χ4v) is 0.687. The van der Waals surface area contributed by atoms with Crippen molar-refractivity contribution in [2.24, 2.45) is 5.92 Å². The summed E-state index contributed by atoms with van der Waals surface area (Å²) in [7, 11) is 0. The molecule has 0 bridgehead atoms. The molecule has 0 rings (SSSR count). The van der Waals surface area contributed by atoms with E-state index in [1.807, 2.05) is 0 Å². The highest BCUT2D eigenvalue weighted by Gasteiger charge is 1.86. The Balaban J connectivity index is 3.56. The quantitative estimate of drug-likeness (QED) is 0.482. The van der Waals surface area contributed by atoms with Crippen LogP contribution in [0.4, 0.5) is 0 Å². The van der Waals surface area contributed by atoms with Crippen molar-refractivity contribution in [3.05, 3.63) is 11.6 Å². The molecule has 0 aliphatic rings. The molecule has 48 valence electrons. The molecule has 0 heteroatoms. The van der Waals surface area contributed by atoms with Crippen molar-refractivity contribution in [1.29, 1.82) is 0 Å². The predicted molar refractivity (Wildman–Crippen MR) is 38.9 cm³/mol. The molecular formula is C8H16. The molecule has 0 spiro atoms. The molecule has 0 saturated heterocycles. The highest BCUT2D eigenvalue weighted by atomic mass is 13.9. The van der Waals surface area contributed by atoms with Crippen molar-refractivity contribution >= 4 is 0 Å². The Kier molecular flexibility index (Phi) is 3.59. The maximum Gasteiger partial charge on any atom is -0.0288 e. The minimum absolute atomic E-state index is 0.718. The molecule has 0 aromatic rings. The first-order chi connectivity index (χ1) is 3.66. The van der Waals surface area contributed by atoms with Gasteiger partial charge >= 0.3 is 0 Å². The van der Waals surface area contributed by atoms with Gasteiger partial charge in [0, 0.05) is 0 Å². The van der Waals surface area contributed by atoms with E-state index in [1.54, 1.807) is 0 Å². The molecule has 0 aliphatic heterocycles. The van der Waals surface area contributed by atoms with Crippen LogP contribution in [0.5, 0.6) is 0 Å². The molecule has 0 saturated carbocycles. The van der Waals surface area contributed by atoms with Crippen LogP contribution in [0.2, 0.25) is 0 Å². The van der Waals surface area contributed by atoms with Crippen LogP contribution < -0.4 is 0 Å². The standard InChI is InChI=1S/C8H16/c1-5-8(4)6-7(2)3/h6-7H,5H2,1-4H3/b8-6-. The van der Waals surface area contributed by atoms with Gasteiger partial charge in [-0.3, -0.25) is 0 Å². The topological polar surface area (TPSA) is 0 Å². The Labute approximate surface area is 52.6 Å². The monoisotopic (exact) mass is 112 g/mol. The first-order valence-electron chi connectivity index (χ1n) is 3.34. The largest absolute Gasteiger partial charge is 0.0831 e. The first kappa shape index (κ1) is 7.74. The summed E-state index contributed by atoms with van der Waals surface area (Å²) in [5.41, 5.74) is 1.50. The van der Waals surface area contributed by atoms with Crippen molar-refractivity contribution < 1.29 is 0 Å². The normalized spacial score (nSPS) is 12.9. The van der Waals surface area contributed by atoms with E-state index in [2.05, 4.69) is 33.8 Å². The minimum atomic E-state index is 0.718. The molecule has 0 fully saturated rings. The molecule has 0 radical (unpaired) electrons. The highest BCUT2D eigenvalue weighted by molar-refractivity contribution is 4.97. The summed E-state index contributed by atoms with van der Waals surface area (Å²) in [6, 6.07) is 0. The second-order valence-corrected chi connectivity index (χ2v) is 2.61. The van der Waals surface area contributed by atoms with Gasteiger partial charge in [-0.15, -0.1) is 0 Å². The lowest BCUT2D eigenvalue weighted by molar-refractivity contribution is 0.813. The number of allylic oxidation sites excluding steroid dienone is 2. The van der Waals surface area contributed by atoms with Crippen molar-refractivity contribution in [2.75, 3.05) is 0 Å². The lowest BCUT2D eigenvalue weighted by atomic mass is 10.1. The number of hydrogen-bond acceptors (Lipinski definition) is 0. The first-order valence-corrected chi connectivity index (χ1v) is 3.34. The third-order valence-corrected chi connectivity index (χ3v) is 1.18. The van der Waals surface area contributed by atoms with Crippen molar-refractivity contribution in [2.45, 2.75) is 34.1 Å². The molecule has 0 aliphatic carbocycles. The van der Waals surface area contributed by atoms with Gasteiger partial charge in [0.25, 0.3) is 0 Å². The summed E-state index contributed by atoms with van der Waals surface area (Å²) in [6.45, 7) is 8.78. The molecule has 0 N–H and O–H groups in total. The van der Waals surface area contributed by atoms with Gasteiger partial charge in [0.05, 0.1) is 0 Å². The van der Waals surface area contributed by atoms with Crippen molar-refractivity contribution in [3.63, 3.8) is 0 Å². The van der Waals surface area contributed by atoms with E-state index in [0.29, 0.717) is 0 Å². The SMILES string of the molecule is CC/C(C)=C\C(C)C. The van der Waals surface area contributed by atoms with E-state index < -0.39 is 0 Å². The van der Waals surface area contributed by atoms with Crippen LogP contribution in [-0.2, 0) is 0 Å². The molecule has 0 heterocycles. The molecule has 8 heavy (non-hydrogen) atoms. The zero-order chi connectivity index (χ0) is 6.57. The number of hydrogen-bond donors (Lipinski definition) is 0. The Bertz CT molecular complexity index is 78.0. The van der Waals surface area contributed by atoms with E-state index >= 15 is 0 Å². The Morgan fingerprint density at radius 2 is 2.00 bits per heavy atom. The molecule has 0 aromatic carbocycles. The Morgan fingerprint density at radius 3 is 2.12 bits per heavy atom. The molecule has 0 nitrogen and oxygen atoms in total. The van der Waals surface area contributed by atoms with E-state index in [-0.39, 0.29) is 0 Å². The highest BCUT2D eigenvalue weighted by Crippen LogP contribution is 2.03. The summed E-state index contributed by atoms with van der Waals surface area (Å²) in [6.07, 6.45) is 3.50. The van der Waals surface area contributed by atoms with Crippen LogP contribution in [-0.4, -0.2) is 0 Å². The van der Waals surface area contributed by atoms with Crippen molar-refractivity contribution in [1.82, 2.24) is 0 Å². The van der Waals surface area contributed by atoms with Gasteiger partial charge in [0.15, 0.2) is 0 Å². The fraction of sp³-hybridized carbons (Fsp3) is 0.750.